The number of fused-ring (bicyclic) bond motifs is 1. The normalized spacial score (nSPS) is 10.8. The summed E-state index contributed by atoms with van der Waals surface area (Å²) >= 11 is 0. The van der Waals surface area contributed by atoms with Crippen molar-refractivity contribution >= 4 is 22.8 Å². The molecule has 2 aromatic heterocycles. The molecule has 2 N–H and O–H groups in total. The van der Waals surface area contributed by atoms with Gasteiger partial charge in [-0.3, -0.25) is 4.57 Å². The lowest BCUT2D eigenvalue weighted by Gasteiger charge is -2.19. The highest BCUT2D eigenvalue weighted by Crippen LogP contribution is 2.35. The minimum Gasteiger partial charge on any atom is -0.496 e. The van der Waals surface area contributed by atoms with E-state index in [2.05, 4.69) is 29.8 Å². The fraction of sp³-hybridized carbons (Fsp3) is 0.350. The van der Waals surface area contributed by atoms with E-state index >= 15 is 0 Å². The standard InChI is InChI=1S/C20H24N6O/c1-6-25(7-2)20-23-11-15-14(10-21)18(22)26(19(15)24-20)17-12(3)8-9-16(27-5)13(17)4/h8-9,11H,6-7,22H2,1-5H3. The summed E-state index contributed by atoms with van der Waals surface area (Å²) in [5.74, 6) is 1.74. The molecule has 0 unspecified atom stereocenters. The van der Waals surface area contributed by atoms with Crippen LogP contribution in [-0.2, 0) is 0 Å². The number of benzene rings is 1. The maximum absolute atomic E-state index is 9.65. The summed E-state index contributed by atoms with van der Waals surface area (Å²) < 4.78 is 7.33. The van der Waals surface area contributed by atoms with E-state index in [1.165, 1.54) is 0 Å². The van der Waals surface area contributed by atoms with Gasteiger partial charge in [0.25, 0.3) is 0 Å². The average molecular weight is 364 g/mol. The SMILES string of the molecule is CCN(CC)c1ncc2c(C#N)c(N)n(-c3c(C)ccc(OC)c3C)c2n1. The Morgan fingerprint density at radius 1 is 1.26 bits per heavy atom. The van der Waals surface area contributed by atoms with Crippen LogP contribution in [0.25, 0.3) is 16.7 Å². The number of aromatic nitrogens is 3. The van der Waals surface area contributed by atoms with Crippen molar-refractivity contribution in [1.82, 2.24) is 14.5 Å². The van der Waals surface area contributed by atoms with Gasteiger partial charge in [-0.15, -0.1) is 0 Å². The fourth-order valence-electron chi connectivity index (χ4n) is 3.46. The molecule has 3 rings (SSSR count). The van der Waals surface area contributed by atoms with Crippen LogP contribution in [0.15, 0.2) is 18.3 Å². The Morgan fingerprint density at radius 3 is 2.56 bits per heavy atom. The third kappa shape index (κ3) is 2.83. The van der Waals surface area contributed by atoms with E-state index in [4.69, 9.17) is 15.5 Å². The van der Waals surface area contributed by atoms with Crippen LogP contribution in [0.3, 0.4) is 0 Å². The molecule has 1 aromatic carbocycles. The molecular formula is C20H24N6O. The first-order chi connectivity index (χ1) is 13.0. The second-order valence-electron chi connectivity index (χ2n) is 6.35. The molecule has 0 atom stereocenters. The summed E-state index contributed by atoms with van der Waals surface area (Å²) in [6.45, 7) is 9.68. The van der Waals surface area contributed by atoms with Gasteiger partial charge in [0.05, 0.1) is 18.2 Å². The molecule has 3 aromatic rings. The Bertz CT molecular complexity index is 1040. The first-order valence-electron chi connectivity index (χ1n) is 8.94. The van der Waals surface area contributed by atoms with E-state index in [-0.39, 0.29) is 0 Å². The Morgan fingerprint density at radius 2 is 1.96 bits per heavy atom. The van der Waals surface area contributed by atoms with E-state index in [1.54, 1.807) is 13.3 Å². The van der Waals surface area contributed by atoms with Gasteiger partial charge in [-0.1, -0.05) is 6.07 Å². The predicted molar refractivity (Wildman–Crippen MR) is 108 cm³/mol. The van der Waals surface area contributed by atoms with Crippen LogP contribution >= 0.6 is 0 Å². The summed E-state index contributed by atoms with van der Waals surface area (Å²) in [7, 11) is 1.64. The van der Waals surface area contributed by atoms with Gasteiger partial charge in [0, 0.05) is 24.8 Å². The van der Waals surface area contributed by atoms with Gasteiger partial charge in [-0.25, -0.2) is 4.98 Å². The number of anilines is 2. The summed E-state index contributed by atoms with van der Waals surface area (Å²) in [6.07, 6.45) is 1.69. The highest BCUT2D eigenvalue weighted by atomic mass is 16.5. The molecule has 0 saturated carbocycles. The molecule has 0 aliphatic carbocycles. The second kappa shape index (κ2) is 7.16. The topological polar surface area (TPSA) is 93.0 Å². The van der Waals surface area contributed by atoms with E-state index in [0.29, 0.717) is 28.4 Å². The molecule has 0 amide bonds. The van der Waals surface area contributed by atoms with Crippen LogP contribution in [0.4, 0.5) is 11.8 Å². The Balaban J connectivity index is 2.41. The molecule has 140 valence electrons. The lowest BCUT2D eigenvalue weighted by atomic mass is 10.1. The number of hydrogen-bond donors (Lipinski definition) is 1. The molecule has 7 nitrogen and oxygen atoms in total. The second-order valence-corrected chi connectivity index (χ2v) is 6.35. The Labute approximate surface area is 159 Å². The quantitative estimate of drug-likeness (QED) is 0.746. The molecule has 0 bridgehead atoms. The number of ether oxygens (including phenoxy) is 1. The first-order valence-corrected chi connectivity index (χ1v) is 8.94. The number of nitriles is 1. The molecular weight excluding hydrogens is 340 g/mol. The number of nitrogens with zero attached hydrogens (tertiary/aromatic N) is 5. The van der Waals surface area contributed by atoms with E-state index < -0.39 is 0 Å². The van der Waals surface area contributed by atoms with E-state index in [0.717, 1.165) is 35.7 Å². The Kier molecular flexibility index (Phi) is 4.91. The third-order valence-corrected chi connectivity index (χ3v) is 4.92. The number of nitrogen functional groups attached to an aromatic ring is 1. The van der Waals surface area contributed by atoms with E-state index in [9.17, 15) is 5.26 Å². The molecule has 27 heavy (non-hydrogen) atoms. The molecule has 7 heteroatoms. The fourth-order valence-corrected chi connectivity index (χ4v) is 3.46. The minimum atomic E-state index is 0.359. The lowest BCUT2D eigenvalue weighted by molar-refractivity contribution is 0.411. The molecule has 0 saturated heterocycles. The van der Waals surface area contributed by atoms with Gasteiger partial charge in [-0.2, -0.15) is 10.2 Å². The van der Waals surface area contributed by atoms with Gasteiger partial charge < -0.3 is 15.4 Å². The van der Waals surface area contributed by atoms with Crippen molar-refractivity contribution in [1.29, 1.82) is 5.26 Å². The third-order valence-electron chi connectivity index (χ3n) is 4.92. The predicted octanol–water partition coefficient (Wildman–Crippen LogP) is 3.35. The van der Waals surface area contributed by atoms with Crippen molar-refractivity contribution in [2.45, 2.75) is 27.7 Å². The maximum Gasteiger partial charge on any atom is 0.227 e. The van der Waals surface area contributed by atoms with Crippen LogP contribution in [0.2, 0.25) is 0 Å². The van der Waals surface area contributed by atoms with Gasteiger partial charge in [0.1, 0.15) is 23.2 Å². The zero-order valence-corrected chi connectivity index (χ0v) is 16.4. The van der Waals surface area contributed by atoms with Crippen molar-refractivity contribution in [2.24, 2.45) is 0 Å². The monoisotopic (exact) mass is 364 g/mol. The van der Waals surface area contributed by atoms with Crippen LogP contribution < -0.4 is 15.4 Å². The van der Waals surface area contributed by atoms with Crippen molar-refractivity contribution in [3.8, 4) is 17.5 Å². The summed E-state index contributed by atoms with van der Waals surface area (Å²) in [5, 5.41) is 10.3. The van der Waals surface area contributed by atoms with Crippen molar-refractivity contribution in [3.63, 3.8) is 0 Å². The molecule has 0 radical (unpaired) electrons. The largest absolute Gasteiger partial charge is 0.496 e. The van der Waals surface area contributed by atoms with Gasteiger partial charge in [-0.05, 0) is 39.3 Å². The average Bonchev–Trinajstić information content (AvgIpc) is 2.94. The summed E-state index contributed by atoms with van der Waals surface area (Å²) in [6, 6.07) is 6.11. The van der Waals surface area contributed by atoms with Crippen molar-refractivity contribution in [3.05, 3.63) is 35.0 Å². The number of hydrogen-bond acceptors (Lipinski definition) is 6. The Hall–Kier alpha value is -3.27. The molecule has 0 fully saturated rings. The summed E-state index contributed by atoms with van der Waals surface area (Å²) in [4.78, 5) is 11.3. The molecule has 0 aliphatic rings. The first kappa shape index (κ1) is 18.5. The van der Waals surface area contributed by atoms with Gasteiger partial charge >= 0.3 is 0 Å². The van der Waals surface area contributed by atoms with Crippen molar-refractivity contribution < 1.29 is 4.74 Å². The van der Waals surface area contributed by atoms with Crippen LogP contribution in [0.5, 0.6) is 5.75 Å². The lowest BCUT2D eigenvalue weighted by Crippen LogP contribution is -2.24. The van der Waals surface area contributed by atoms with Gasteiger partial charge in [0.2, 0.25) is 5.95 Å². The molecule has 2 heterocycles. The minimum absolute atomic E-state index is 0.359. The zero-order chi connectivity index (χ0) is 19.7. The van der Waals surface area contributed by atoms with E-state index in [1.807, 2.05) is 30.5 Å². The smallest absolute Gasteiger partial charge is 0.227 e. The highest BCUT2D eigenvalue weighted by Gasteiger charge is 2.22. The molecule has 0 aliphatic heterocycles. The molecule has 0 spiro atoms. The van der Waals surface area contributed by atoms with Gasteiger partial charge in [0.15, 0.2) is 5.65 Å². The maximum atomic E-state index is 9.65. The van der Waals surface area contributed by atoms with Crippen molar-refractivity contribution in [2.75, 3.05) is 30.8 Å². The highest BCUT2D eigenvalue weighted by molar-refractivity contribution is 5.92. The number of nitrogens with two attached hydrogens (primary N) is 1. The van der Waals surface area contributed by atoms with Crippen LogP contribution in [0.1, 0.15) is 30.5 Å². The van der Waals surface area contributed by atoms with Crippen LogP contribution in [0, 0.1) is 25.2 Å². The summed E-state index contributed by atoms with van der Waals surface area (Å²) in [5.41, 5.74) is 10.2. The zero-order valence-electron chi connectivity index (χ0n) is 16.4. The number of aryl methyl sites for hydroxylation is 1. The number of rotatable bonds is 5. The van der Waals surface area contributed by atoms with Crippen LogP contribution in [-0.4, -0.2) is 34.7 Å². The number of methoxy groups -OCH3 is 1.